The number of rotatable bonds is 2. The maximum Gasteiger partial charge on any atom is 0.412 e. The molecule has 9 heteroatoms. The lowest BCUT2D eigenvalue weighted by molar-refractivity contribution is -0.179. The van der Waals surface area contributed by atoms with E-state index in [2.05, 4.69) is 10.3 Å². The van der Waals surface area contributed by atoms with Crippen molar-refractivity contribution >= 4 is 17.5 Å². The topological polar surface area (TPSA) is 91.5 Å². The first kappa shape index (κ1) is 15.4. The standard InChI is InChI=1S/C12H15F3N4O2/c13-12(14,15)7-3-8(5-18-4-7)19(11(20)21)10-1-2-17-6-9(10)16/h1-2,6-8,18H,3-5,16H2,(H,20,21). The fourth-order valence-corrected chi connectivity index (χ4v) is 2.44. The number of pyridine rings is 1. The average molecular weight is 304 g/mol. The van der Waals surface area contributed by atoms with Gasteiger partial charge in [-0.15, -0.1) is 0 Å². The average Bonchev–Trinajstić information content (AvgIpc) is 2.40. The number of nitrogens with zero attached hydrogens (tertiary/aromatic N) is 2. The third kappa shape index (κ3) is 3.35. The number of anilines is 2. The molecule has 0 aromatic carbocycles. The van der Waals surface area contributed by atoms with Crippen LogP contribution >= 0.6 is 0 Å². The molecule has 4 N–H and O–H groups in total. The molecule has 1 aromatic heterocycles. The molecule has 0 aliphatic carbocycles. The molecule has 1 aliphatic heterocycles. The first-order valence-electron chi connectivity index (χ1n) is 6.29. The van der Waals surface area contributed by atoms with Gasteiger partial charge in [-0.1, -0.05) is 0 Å². The summed E-state index contributed by atoms with van der Waals surface area (Å²) in [5.74, 6) is -1.58. The van der Waals surface area contributed by atoms with Crippen LogP contribution in [0.15, 0.2) is 18.5 Å². The van der Waals surface area contributed by atoms with Gasteiger partial charge in [0, 0.05) is 19.3 Å². The Balaban J connectivity index is 2.27. The molecule has 2 atom stereocenters. The zero-order chi connectivity index (χ0) is 15.6. The zero-order valence-electron chi connectivity index (χ0n) is 11.0. The minimum absolute atomic E-state index is 0.106. The Bertz CT molecular complexity index is 523. The normalized spacial score (nSPS) is 22.8. The van der Waals surface area contributed by atoms with Gasteiger partial charge in [-0.05, 0) is 12.5 Å². The Hall–Kier alpha value is -2.03. The number of alkyl halides is 3. The van der Waals surface area contributed by atoms with Crippen LogP contribution in [0.4, 0.5) is 29.3 Å². The summed E-state index contributed by atoms with van der Waals surface area (Å²) in [7, 11) is 0. The summed E-state index contributed by atoms with van der Waals surface area (Å²) < 4.78 is 38.5. The second-order valence-electron chi connectivity index (χ2n) is 4.87. The lowest BCUT2D eigenvalue weighted by Gasteiger charge is -2.37. The summed E-state index contributed by atoms with van der Waals surface area (Å²) in [5.41, 5.74) is 5.93. The van der Waals surface area contributed by atoms with Crippen molar-refractivity contribution in [2.24, 2.45) is 5.92 Å². The summed E-state index contributed by atoms with van der Waals surface area (Å²) in [6.07, 6.45) is -3.39. The van der Waals surface area contributed by atoms with Gasteiger partial charge in [0.15, 0.2) is 0 Å². The van der Waals surface area contributed by atoms with E-state index in [-0.39, 0.29) is 30.9 Å². The predicted molar refractivity (Wildman–Crippen MR) is 70.0 cm³/mol. The molecule has 21 heavy (non-hydrogen) atoms. The number of halogens is 3. The second kappa shape index (κ2) is 5.76. The van der Waals surface area contributed by atoms with Crippen molar-refractivity contribution in [3.8, 4) is 0 Å². The minimum atomic E-state index is -4.36. The van der Waals surface area contributed by atoms with Gasteiger partial charge in [0.05, 0.1) is 29.5 Å². The van der Waals surface area contributed by atoms with Crippen LogP contribution in [0.5, 0.6) is 0 Å². The van der Waals surface area contributed by atoms with Crippen molar-refractivity contribution in [1.82, 2.24) is 10.3 Å². The number of nitrogens with one attached hydrogen (secondary N) is 1. The van der Waals surface area contributed by atoms with Crippen molar-refractivity contribution < 1.29 is 23.1 Å². The molecule has 1 amide bonds. The van der Waals surface area contributed by atoms with E-state index < -0.39 is 24.2 Å². The molecule has 1 aliphatic rings. The fraction of sp³-hybridized carbons (Fsp3) is 0.500. The molecule has 2 heterocycles. The fourth-order valence-electron chi connectivity index (χ4n) is 2.44. The number of amides is 1. The highest BCUT2D eigenvalue weighted by Crippen LogP contribution is 2.34. The Morgan fingerprint density at radius 1 is 1.48 bits per heavy atom. The van der Waals surface area contributed by atoms with Crippen LogP contribution < -0.4 is 16.0 Å². The van der Waals surface area contributed by atoms with E-state index in [1.807, 2.05) is 0 Å². The van der Waals surface area contributed by atoms with Crippen LogP contribution in [0.1, 0.15) is 6.42 Å². The monoisotopic (exact) mass is 304 g/mol. The third-order valence-corrected chi connectivity index (χ3v) is 3.45. The summed E-state index contributed by atoms with van der Waals surface area (Å²) in [6.45, 7) is -0.0695. The zero-order valence-corrected chi connectivity index (χ0v) is 11.0. The van der Waals surface area contributed by atoms with Gasteiger partial charge in [0.2, 0.25) is 0 Å². The number of aromatic nitrogens is 1. The lowest BCUT2D eigenvalue weighted by Crippen LogP contribution is -2.54. The first-order valence-corrected chi connectivity index (χ1v) is 6.29. The number of hydrogen-bond donors (Lipinski definition) is 3. The van der Waals surface area contributed by atoms with Gasteiger partial charge in [0.1, 0.15) is 0 Å². The number of hydrogen-bond acceptors (Lipinski definition) is 4. The molecule has 0 bridgehead atoms. The maximum absolute atomic E-state index is 12.8. The third-order valence-electron chi connectivity index (χ3n) is 3.45. The van der Waals surface area contributed by atoms with Crippen LogP contribution in [-0.2, 0) is 0 Å². The van der Waals surface area contributed by atoms with Gasteiger partial charge in [-0.2, -0.15) is 13.2 Å². The first-order chi connectivity index (χ1) is 9.80. The summed E-state index contributed by atoms with van der Waals surface area (Å²) >= 11 is 0. The van der Waals surface area contributed by atoms with Crippen LogP contribution in [0.3, 0.4) is 0 Å². The second-order valence-corrected chi connectivity index (χ2v) is 4.87. The van der Waals surface area contributed by atoms with Crippen molar-refractivity contribution in [2.75, 3.05) is 23.7 Å². The summed E-state index contributed by atoms with van der Waals surface area (Å²) in [4.78, 5) is 16.1. The van der Waals surface area contributed by atoms with E-state index in [1.54, 1.807) is 0 Å². The molecule has 0 saturated carbocycles. The molecule has 1 aromatic rings. The van der Waals surface area contributed by atoms with E-state index in [1.165, 1.54) is 18.5 Å². The molecular weight excluding hydrogens is 289 g/mol. The molecule has 116 valence electrons. The molecule has 0 spiro atoms. The van der Waals surface area contributed by atoms with Crippen molar-refractivity contribution in [1.29, 1.82) is 0 Å². The quantitative estimate of drug-likeness (QED) is 0.773. The number of nitrogen functional groups attached to an aromatic ring is 1. The van der Waals surface area contributed by atoms with Gasteiger partial charge in [-0.25, -0.2) is 4.79 Å². The van der Waals surface area contributed by atoms with E-state index >= 15 is 0 Å². The Morgan fingerprint density at radius 2 is 2.19 bits per heavy atom. The molecule has 1 fully saturated rings. The Morgan fingerprint density at radius 3 is 2.76 bits per heavy atom. The highest BCUT2D eigenvalue weighted by Gasteiger charge is 2.44. The predicted octanol–water partition coefficient (Wildman–Crippen LogP) is 1.69. The number of carboxylic acid groups (broad SMARTS) is 1. The minimum Gasteiger partial charge on any atom is -0.465 e. The summed E-state index contributed by atoms with van der Waals surface area (Å²) in [6, 6.07) is 0.535. The Labute approximate surface area is 118 Å². The van der Waals surface area contributed by atoms with Crippen LogP contribution in [-0.4, -0.2) is 41.5 Å². The molecular formula is C12H15F3N4O2. The highest BCUT2D eigenvalue weighted by molar-refractivity contribution is 5.90. The smallest absolute Gasteiger partial charge is 0.412 e. The lowest BCUT2D eigenvalue weighted by atomic mass is 9.94. The summed E-state index contributed by atoms with van der Waals surface area (Å²) in [5, 5.41) is 12.0. The molecule has 2 unspecified atom stereocenters. The molecule has 1 saturated heterocycles. The van der Waals surface area contributed by atoms with E-state index in [0.717, 1.165) is 4.90 Å². The maximum atomic E-state index is 12.8. The van der Waals surface area contributed by atoms with E-state index in [9.17, 15) is 23.1 Å². The van der Waals surface area contributed by atoms with Crippen molar-refractivity contribution in [2.45, 2.75) is 18.6 Å². The van der Waals surface area contributed by atoms with Crippen LogP contribution in [0, 0.1) is 5.92 Å². The van der Waals surface area contributed by atoms with Gasteiger partial charge < -0.3 is 16.2 Å². The van der Waals surface area contributed by atoms with Gasteiger partial charge in [0.25, 0.3) is 0 Å². The highest BCUT2D eigenvalue weighted by atomic mass is 19.4. The number of nitrogens with two attached hydrogens (primary N) is 1. The van der Waals surface area contributed by atoms with E-state index in [0.29, 0.717) is 0 Å². The van der Waals surface area contributed by atoms with Crippen LogP contribution in [0.2, 0.25) is 0 Å². The molecule has 0 radical (unpaired) electrons. The SMILES string of the molecule is Nc1cnccc1N(C(=O)O)C1CNCC(C(F)(F)F)C1. The molecule has 6 nitrogen and oxygen atoms in total. The van der Waals surface area contributed by atoms with Crippen molar-refractivity contribution in [3.63, 3.8) is 0 Å². The van der Waals surface area contributed by atoms with Gasteiger partial charge in [-0.3, -0.25) is 9.88 Å². The number of carbonyl (C=O) groups is 1. The molecule has 2 rings (SSSR count). The van der Waals surface area contributed by atoms with Crippen LogP contribution in [0.25, 0.3) is 0 Å². The van der Waals surface area contributed by atoms with E-state index in [4.69, 9.17) is 5.73 Å². The van der Waals surface area contributed by atoms with Crippen molar-refractivity contribution in [3.05, 3.63) is 18.5 Å². The van der Waals surface area contributed by atoms with Gasteiger partial charge >= 0.3 is 12.3 Å². The number of piperidine rings is 1. The largest absolute Gasteiger partial charge is 0.465 e. The Kier molecular flexibility index (Phi) is 4.21.